The maximum Gasteiger partial charge on any atom is 0.332 e. The first-order valence-corrected chi connectivity index (χ1v) is 9.89. The molecule has 30 heavy (non-hydrogen) atoms. The fraction of sp³-hybridized carbons (Fsp3) is 0.250. The van der Waals surface area contributed by atoms with E-state index < -0.39 is 18.2 Å². The number of hydrogen-bond acceptors (Lipinski definition) is 4. The highest BCUT2D eigenvalue weighted by Crippen LogP contribution is 2.45. The lowest BCUT2D eigenvalue weighted by Gasteiger charge is -2.16. The van der Waals surface area contributed by atoms with E-state index in [4.69, 9.17) is 10.1 Å². The molecule has 5 nitrogen and oxygen atoms in total. The number of hydrogen-bond donors (Lipinski definition) is 3. The van der Waals surface area contributed by atoms with E-state index in [1.54, 1.807) is 18.2 Å². The fourth-order valence-electron chi connectivity index (χ4n) is 3.63. The van der Waals surface area contributed by atoms with Gasteiger partial charge in [-0.1, -0.05) is 42.5 Å². The number of pyridine rings is 1. The van der Waals surface area contributed by atoms with Crippen molar-refractivity contribution in [3.8, 4) is 11.1 Å². The van der Waals surface area contributed by atoms with Crippen LogP contribution in [0.2, 0.25) is 0 Å². The first-order chi connectivity index (χ1) is 14.4. The number of aliphatic hydroxyl groups is 2. The van der Waals surface area contributed by atoms with E-state index in [-0.39, 0.29) is 12.2 Å². The van der Waals surface area contributed by atoms with Crippen LogP contribution in [0.1, 0.15) is 36.4 Å². The Balaban J connectivity index is 1.85. The van der Waals surface area contributed by atoms with E-state index in [1.165, 1.54) is 18.2 Å². The summed E-state index contributed by atoms with van der Waals surface area (Å²) in [5.41, 5.74) is 4.31. The third kappa shape index (κ3) is 4.25. The van der Waals surface area contributed by atoms with Gasteiger partial charge in [-0.15, -0.1) is 0 Å². The number of halogens is 1. The first-order valence-electron chi connectivity index (χ1n) is 9.89. The fourth-order valence-corrected chi connectivity index (χ4v) is 3.63. The number of nitrogens with zero attached hydrogens (tertiary/aromatic N) is 1. The van der Waals surface area contributed by atoms with Gasteiger partial charge in [-0.2, -0.15) is 0 Å². The molecule has 1 fully saturated rings. The summed E-state index contributed by atoms with van der Waals surface area (Å²) in [5, 5.41) is 29.5. The largest absolute Gasteiger partial charge is 0.479 e. The molecule has 3 N–H and O–H groups in total. The normalized spacial score (nSPS) is 16.1. The Kier molecular flexibility index (Phi) is 5.61. The predicted octanol–water partition coefficient (Wildman–Crippen LogP) is 4.13. The van der Waals surface area contributed by atoms with Gasteiger partial charge in [-0.05, 0) is 36.6 Å². The van der Waals surface area contributed by atoms with Gasteiger partial charge in [0.15, 0.2) is 6.10 Å². The van der Waals surface area contributed by atoms with Crippen molar-refractivity contribution in [1.29, 1.82) is 0 Å². The molecule has 0 aliphatic heterocycles. The molecule has 2 atom stereocenters. The summed E-state index contributed by atoms with van der Waals surface area (Å²) in [6, 6.07) is 14.0. The highest BCUT2D eigenvalue weighted by Gasteiger charge is 2.29. The molecule has 2 unspecified atom stereocenters. The van der Waals surface area contributed by atoms with Crippen LogP contribution in [0.15, 0.2) is 54.6 Å². The van der Waals surface area contributed by atoms with Gasteiger partial charge in [-0.3, -0.25) is 4.98 Å². The van der Waals surface area contributed by atoms with Crippen LogP contribution in [-0.4, -0.2) is 38.5 Å². The maximum absolute atomic E-state index is 13.5. The van der Waals surface area contributed by atoms with Crippen molar-refractivity contribution in [2.75, 3.05) is 0 Å². The molecule has 154 valence electrons. The van der Waals surface area contributed by atoms with Gasteiger partial charge in [0.25, 0.3) is 0 Å². The molecule has 3 aromatic rings. The van der Waals surface area contributed by atoms with Crippen LogP contribution in [0.3, 0.4) is 0 Å². The molecule has 1 aromatic heterocycles. The molecule has 1 aliphatic rings. The first kappa shape index (κ1) is 20.2. The van der Waals surface area contributed by atoms with Crippen LogP contribution in [0.4, 0.5) is 4.39 Å². The lowest BCUT2D eigenvalue weighted by atomic mass is 9.92. The van der Waals surface area contributed by atoms with Gasteiger partial charge in [0.1, 0.15) is 5.82 Å². The van der Waals surface area contributed by atoms with E-state index in [2.05, 4.69) is 0 Å². The van der Waals surface area contributed by atoms with Gasteiger partial charge in [0.2, 0.25) is 0 Å². The molecular weight excluding hydrogens is 385 g/mol. The molecule has 4 rings (SSSR count). The summed E-state index contributed by atoms with van der Waals surface area (Å²) in [6.07, 6.45) is 2.19. The number of rotatable bonds is 7. The van der Waals surface area contributed by atoms with Gasteiger partial charge in [0, 0.05) is 28.9 Å². The lowest BCUT2D eigenvalue weighted by Crippen LogP contribution is -2.24. The van der Waals surface area contributed by atoms with Crippen LogP contribution < -0.4 is 0 Å². The molecule has 2 aromatic carbocycles. The van der Waals surface area contributed by atoms with Crippen molar-refractivity contribution >= 4 is 22.9 Å². The molecular formula is C24H22FNO4. The lowest BCUT2D eigenvalue weighted by molar-refractivity contribution is -0.147. The maximum atomic E-state index is 13.5. The second-order valence-corrected chi connectivity index (χ2v) is 7.60. The Morgan fingerprint density at radius 1 is 1.13 bits per heavy atom. The standard InChI is InChI=1S/C24H22FNO4/c25-16-9-7-14(8-10-16)22-18-3-1-2-4-20(18)26-23(15-5-6-15)19(22)12-11-17(27)13-21(28)24(29)30/h1-4,7-12,15,17,21,27-28H,5-6,13H2,(H,29,30). The van der Waals surface area contributed by atoms with Gasteiger partial charge in [-0.25, -0.2) is 9.18 Å². The van der Waals surface area contributed by atoms with Gasteiger partial charge in [0.05, 0.1) is 17.3 Å². The molecule has 0 radical (unpaired) electrons. The minimum absolute atomic E-state index is 0.308. The highest BCUT2D eigenvalue weighted by molar-refractivity contribution is 5.99. The van der Waals surface area contributed by atoms with E-state index in [1.807, 2.05) is 24.3 Å². The van der Waals surface area contributed by atoms with E-state index in [9.17, 15) is 19.4 Å². The number of carboxylic acids is 1. The Hall–Kier alpha value is -3.09. The van der Waals surface area contributed by atoms with E-state index in [0.29, 0.717) is 5.92 Å². The number of para-hydroxylation sites is 1. The summed E-state index contributed by atoms with van der Waals surface area (Å²) in [6.45, 7) is 0. The molecule has 1 aliphatic carbocycles. The van der Waals surface area contributed by atoms with E-state index >= 15 is 0 Å². The number of aliphatic carboxylic acids is 1. The zero-order valence-electron chi connectivity index (χ0n) is 16.2. The SMILES string of the molecule is O=C(O)C(O)CC(O)C=Cc1c(C2CC2)nc2ccccc2c1-c1ccc(F)cc1. The summed E-state index contributed by atoms with van der Waals surface area (Å²) >= 11 is 0. The Morgan fingerprint density at radius 2 is 1.83 bits per heavy atom. The van der Waals surface area contributed by atoms with E-state index in [0.717, 1.165) is 46.1 Å². The number of aliphatic hydroxyl groups excluding tert-OH is 2. The molecule has 0 amide bonds. The van der Waals surface area contributed by atoms with Gasteiger partial charge >= 0.3 is 5.97 Å². The topological polar surface area (TPSA) is 90.7 Å². The quantitative estimate of drug-likeness (QED) is 0.548. The average molecular weight is 407 g/mol. The van der Waals surface area contributed by atoms with Crippen molar-refractivity contribution in [3.63, 3.8) is 0 Å². The van der Waals surface area contributed by atoms with Gasteiger partial charge < -0.3 is 15.3 Å². The minimum atomic E-state index is -1.64. The minimum Gasteiger partial charge on any atom is -0.479 e. The number of benzene rings is 2. The second kappa shape index (κ2) is 8.34. The van der Waals surface area contributed by atoms with Crippen LogP contribution in [0.5, 0.6) is 0 Å². The number of fused-ring (bicyclic) bond motifs is 1. The van der Waals surface area contributed by atoms with Crippen molar-refractivity contribution in [2.24, 2.45) is 0 Å². The third-order valence-corrected chi connectivity index (χ3v) is 5.29. The number of carbonyl (C=O) groups is 1. The van der Waals surface area contributed by atoms with Crippen LogP contribution in [0, 0.1) is 5.82 Å². The molecule has 0 spiro atoms. The average Bonchev–Trinajstić information content (AvgIpc) is 3.57. The number of aromatic nitrogens is 1. The van der Waals surface area contributed by atoms with Crippen LogP contribution >= 0.6 is 0 Å². The molecule has 0 saturated heterocycles. The zero-order valence-corrected chi connectivity index (χ0v) is 16.2. The Bertz CT molecular complexity index is 1110. The Morgan fingerprint density at radius 3 is 2.50 bits per heavy atom. The summed E-state index contributed by atoms with van der Waals surface area (Å²) in [5.74, 6) is -1.38. The third-order valence-electron chi connectivity index (χ3n) is 5.29. The summed E-state index contributed by atoms with van der Waals surface area (Å²) in [4.78, 5) is 15.7. The highest BCUT2D eigenvalue weighted by atomic mass is 19.1. The van der Waals surface area contributed by atoms with Crippen molar-refractivity contribution < 1.29 is 24.5 Å². The van der Waals surface area contributed by atoms with Crippen molar-refractivity contribution in [1.82, 2.24) is 4.98 Å². The molecule has 1 heterocycles. The van der Waals surface area contributed by atoms with Crippen molar-refractivity contribution in [3.05, 3.63) is 71.7 Å². The number of carboxylic acid groups (broad SMARTS) is 1. The zero-order chi connectivity index (χ0) is 21.3. The summed E-state index contributed by atoms with van der Waals surface area (Å²) in [7, 11) is 0. The molecule has 6 heteroatoms. The monoisotopic (exact) mass is 407 g/mol. The predicted molar refractivity (Wildman–Crippen MR) is 112 cm³/mol. The van der Waals surface area contributed by atoms with Crippen molar-refractivity contribution in [2.45, 2.75) is 37.4 Å². The van der Waals surface area contributed by atoms with Crippen LogP contribution in [-0.2, 0) is 4.79 Å². The smallest absolute Gasteiger partial charge is 0.332 e. The second-order valence-electron chi connectivity index (χ2n) is 7.60. The Labute approximate surface area is 173 Å². The summed E-state index contributed by atoms with van der Waals surface area (Å²) < 4.78 is 13.5. The molecule has 0 bridgehead atoms. The van der Waals surface area contributed by atoms with Crippen LogP contribution in [0.25, 0.3) is 28.1 Å². The molecule has 1 saturated carbocycles.